The molecule has 0 unspecified atom stereocenters. The van der Waals surface area contributed by atoms with Crippen molar-refractivity contribution in [1.29, 1.82) is 0 Å². The first-order valence-corrected chi connectivity index (χ1v) is 10.2. The summed E-state index contributed by atoms with van der Waals surface area (Å²) >= 11 is 0. The molecule has 158 valence electrons. The zero-order valence-corrected chi connectivity index (χ0v) is 17.3. The number of aromatic nitrogens is 1. The summed E-state index contributed by atoms with van der Waals surface area (Å²) in [6.45, 7) is 3.78. The smallest absolute Gasteiger partial charge is 0.344 e. The number of nitrogens with zero attached hydrogens (tertiary/aromatic N) is 1. The summed E-state index contributed by atoms with van der Waals surface area (Å²) < 4.78 is 12.2. The van der Waals surface area contributed by atoms with Crippen LogP contribution in [-0.2, 0) is 20.8 Å². The predicted octanol–water partition coefficient (Wildman–Crippen LogP) is 3.20. The molecule has 7 nitrogen and oxygen atoms in total. The van der Waals surface area contributed by atoms with E-state index in [9.17, 15) is 14.4 Å². The summed E-state index contributed by atoms with van der Waals surface area (Å²) in [5, 5.41) is 2.80. The molecule has 1 N–H and O–H groups in total. The van der Waals surface area contributed by atoms with Crippen molar-refractivity contribution in [2.24, 2.45) is 0 Å². The molecule has 1 heterocycles. The van der Waals surface area contributed by atoms with E-state index in [-0.39, 0.29) is 31.1 Å². The summed E-state index contributed by atoms with van der Waals surface area (Å²) in [7, 11) is 0. The van der Waals surface area contributed by atoms with Crippen LogP contribution in [-0.4, -0.2) is 30.6 Å². The highest BCUT2D eigenvalue weighted by Gasteiger charge is 2.22. The molecule has 0 saturated heterocycles. The molecule has 0 radical (unpaired) electrons. The summed E-state index contributed by atoms with van der Waals surface area (Å²) in [4.78, 5) is 37.2. The zero-order valence-electron chi connectivity index (χ0n) is 17.3. The Labute approximate surface area is 176 Å². The van der Waals surface area contributed by atoms with Crippen LogP contribution in [0.3, 0.4) is 0 Å². The van der Waals surface area contributed by atoms with Crippen LogP contribution in [0.1, 0.15) is 58.9 Å². The van der Waals surface area contributed by atoms with Gasteiger partial charge in [0.25, 0.3) is 5.91 Å². The first-order chi connectivity index (χ1) is 14.5. The lowest BCUT2D eigenvalue weighted by atomic mass is 10.1. The number of para-hydroxylation sites is 1. The lowest BCUT2D eigenvalue weighted by Crippen LogP contribution is -2.40. The number of carbonyl (C=O) groups is 3. The third-order valence-electron chi connectivity index (χ3n) is 5.03. The molecule has 1 aliphatic carbocycles. The van der Waals surface area contributed by atoms with E-state index in [1.807, 2.05) is 13.0 Å². The van der Waals surface area contributed by atoms with Gasteiger partial charge < -0.3 is 14.8 Å². The van der Waals surface area contributed by atoms with Gasteiger partial charge in [-0.05, 0) is 57.2 Å². The molecule has 0 aliphatic heterocycles. The van der Waals surface area contributed by atoms with E-state index in [0.29, 0.717) is 16.8 Å². The third kappa shape index (κ3) is 5.43. The van der Waals surface area contributed by atoms with Gasteiger partial charge in [-0.1, -0.05) is 12.1 Å². The van der Waals surface area contributed by atoms with Gasteiger partial charge in [0, 0.05) is 6.07 Å². The van der Waals surface area contributed by atoms with Crippen molar-refractivity contribution in [3.63, 3.8) is 0 Å². The normalized spacial score (nSPS) is 13.7. The minimum atomic E-state index is -0.485. The van der Waals surface area contributed by atoms with E-state index >= 15 is 0 Å². The second kappa shape index (κ2) is 10.0. The lowest BCUT2D eigenvalue weighted by molar-refractivity contribution is -0.684. The van der Waals surface area contributed by atoms with Gasteiger partial charge in [0.15, 0.2) is 12.4 Å². The number of anilines is 1. The van der Waals surface area contributed by atoms with Crippen LogP contribution in [0, 0.1) is 6.92 Å². The van der Waals surface area contributed by atoms with Gasteiger partial charge in [-0.2, -0.15) is 4.57 Å². The number of ether oxygens (including phenoxy) is 2. The summed E-state index contributed by atoms with van der Waals surface area (Å²) in [5.74, 6) is -1.18. The number of hydrogen-bond donors (Lipinski definition) is 1. The Morgan fingerprint density at radius 2 is 1.87 bits per heavy atom. The van der Waals surface area contributed by atoms with Crippen LogP contribution in [0.15, 0.2) is 42.7 Å². The Hall–Kier alpha value is -3.22. The molecule has 3 rings (SSSR count). The largest absolute Gasteiger partial charge is 0.462 e. The molecule has 1 amide bonds. The highest BCUT2D eigenvalue weighted by molar-refractivity contribution is 6.02. The van der Waals surface area contributed by atoms with Gasteiger partial charge in [-0.3, -0.25) is 4.79 Å². The molecule has 30 heavy (non-hydrogen) atoms. The number of rotatable bonds is 7. The summed E-state index contributed by atoms with van der Waals surface area (Å²) in [6.07, 6.45) is 7.26. The van der Waals surface area contributed by atoms with E-state index in [2.05, 4.69) is 5.32 Å². The van der Waals surface area contributed by atoms with Crippen LogP contribution < -0.4 is 9.88 Å². The van der Waals surface area contributed by atoms with E-state index in [0.717, 1.165) is 31.2 Å². The van der Waals surface area contributed by atoms with Crippen molar-refractivity contribution in [1.82, 2.24) is 0 Å². The molecule has 1 saturated carbocycles. The van der Waals surface area contributed by atoms with Crippen molar-refractivity contribution in [2.45, 2.75) is 52.2 Å². The maximum absolute atomic E-state index is 12.6. The number of nitrogens with one attached hydrogen (secondary N) is 1. The Morgan fingerprint density at radius 1 is 1.10 bits per heavy atom. The SMILES string of the molecule is CCOC(=O)c1cccc(C)c1NC(=O)C[n+]1cccc(C(=O)OC2CCCC2)c1. The van der Waals surface area contributed by atoms with Crippen molar-refractivity contribution in [3.8, 4) is 0 Å². The Bertz CT molecular complexity index is 935. The average Bonchev–Trinajstić information content (AvgIpc) is 3.23. The highest BCUT2D eigenvalue weighted by atomic mass is 16.5. The molecule has 1 fully saturated rings. The van der Waals surface area contributed by atoms with Crippen LogP contribution >= 0.6 is 0 Å². The fourth-order valence-electron chi connectivity index (χ4n) is 3.52. The van der Waals surface area contributed by atoms with Crippen molar-refractivity contribution >= 4 is 23.5 Å². The monoisotopic (exact) mass is 411 g/mol. The van der Waals surface area contributed by atoms with Crippen LogP contribution in [0.4, 0.5) is 5.69 Å². The van der Waals surface area contributed by atoms with Crippen molar-refractivity contribution < 1.29 is 28.4 Å². The quantitative estimate of drug-likeness (QED) is 0.559. The van der Waals surface area contributed by atoms with Gasteiger partial charge in [0.1, 0.15) is 11.7 Å². The second-order valence-corrected chi connectivity index (χ2v) is 7.34. The van der Waals surface area contributed by atoms with E-state index in [1.165, 1.54) is 0 Å². The fraction of sp³-hybridized carbons (Fsp3) is 0.391. The number of aryl methyl sites for hydroxylation is 1. The average molecular weight is 411 g/mol. The highest BCUT2D eigenvalue weighted by Crippen LogP contribution is 2.22. The minimum Gasteiger partial charge on any atom is -0.462 e. The molecule has 0 bridgehead atoms. The molecule has 1 aliphatic rings. The molecule has 2 aromatic rings. The van der Waals surface area contributed by atoms with Crippen LogP contribution in [0.25, 0.3) is 0 Å². The number of carbonyl (C=O) groups excluding carboxylic acids is 3. The molecule has 1 aromatic carbocycles. The van der Waals surface area contributed by atoms with Gasteiger partial charge in [0.2, 0.25) is 6.54 Å². The zero-order chi connectivity index (χ0) is 21.5. The summed E-state index contributed by atoms with van der Waals surface area (Å²) in [5.41, 5.74) is 1.90. The molecule has 7 heteroatoms. The van der Waals surface area contributed by atoms with E-state index < -0.39 is 5.97 Å². The topological polar surface area (TPSA) is 85.6 Å². The number of benzene rings is 1. The maximum Gasteiger partial charge on any atom is 0.344 e. The maximum atomic E-state index is 12.6. The van der Waals surface area contributed by atoms with Crippen LogP contribution in [0.2, 0.25) is 0 Å². The van der Waals surface area contributed by atoms with Gasteiger partial charge in [-0.25, -0.2) is 9.59 Å². The Balaban J connectivity index is 1.68. The lowest BCUT2D eigenvalue weighted by Gasteiger charge is -2.12. The van der Waals surface area contributed by atoms with E-state index in [4.69, 9.17) is 9.47 Å². The van der Waals surface area contributed by atoms with Crippen LogP contribution in [0.5, 0.6) is 0 Å². The molecular formula is C23H27N2O5+. The second-order valence-electron chi connectivity index (χ2n) is 7.34. The minimum absolute atomic E-state index is 0.0127. The summed E-state index contributed by atoms with van der Waals surface area (Å²) in [6, 6.07) is 8.55. The van der Waals surface area contributed by atoms with Crippen molar-refractivity contribution in [2.75, 3.05) is 11.9 Å². The molecule has 0 spiro atoms. The molecule has 1 aromatic heterocycles. The van der Waals surface area contributed by atoms with Gasteiger partial charge in [-0.15, -0.1) is 0 Å². The first kappa shape index (κ1) is 21.5. The van der Waals surface area contributed by atoms with E-state index in [1.54, 1.807) is 48.1 Å². The third-order valence-corrected chi connectivity index (χ3v) is 5.03. The first-order valence-electron chi connectivity index (χ1n) is 10.2. The number of pyridine rings is 1. The predicted molar refractivity (Wildman–Crippen MR) is 110 cm³/mol. The number of amides is 1. The number of hydrogen-bond acceptors (Lipinski definition) is 5. The van der Waals surface area contributed by atoms with Crippen molar-refractivity contribution in [3.05, 3.63) is 59.4 Å². The number of esters is 2. The Morgan fingerprint density at radius 3 is 2.60 bits per heavy atom. The fourth-order valence-corrected chi connectivity index (χ4v) is 3.52. The van der Waals surface area contributed by atoms with Gasteiger partial charge >= 0.3 is 11.9 Å². The standard InChI is InChI=1S/C23H26N2O5/c1-3-29-23(28)19-12-6-8-16(2)21(19)24-20(26)15-25-13-7-9-17(14-25)22(27)30-18-10-4-5-11-18/h6-9,12-14,18H,3-5,10-11,15H2,1-2H3/p+1. The van der Waals surface area contributed by atoms with Gasteiger partial charge in [0.05, 0.1) is 17.9 Å². The Kier molecular flexibility index (Phi) is 7.17. The molecular weight excluding hydrogens is 384 g/mol. The molecule has 0 atom stereocenters.